The first-order valence-electron chi connectivity index (χ1n) is 6.74. The van der Waals surface area contributed by atoms with E-state index >= 15 is 0 Å². The van der Waals surface area contributed by atoms with E-state index in [4.69, 9.17) is 5.84 Å². The molecule has 118 valence electrons. The number of aromatic nitrogens is 4. The molecule has 0 atom stereocenters. The number of thiazole rings is 1. The number of nitrogens with zero attached hydrogens (tertiary/aromatic N) is 4. The molecule has 3 rings (SSSR count). The lowest BCUT2D eigenvalue weighted by molar-refractivity contribution is -0.114. The van der Waals surface area contributed by atoms with Gasteiger partial charge in [-0.25, -0.2) is 9.66 Å². The lowest BCUT2D eigenvalue weighted by Gasteiger charge is -2.02. The highest BCUT2D eigenvalue weighted by molar-refractivity contribution is 7.98. The Labute approximate surface area is 140 Å². The molecule has 9 heteroatoms. The number of nitrogens with two attached hydrogens (primary N) is 1. The summed E-state index contributed by atoms with van der Waals surface area (Å²) < 4.78 is 1.47. The zero-order chi connectivity index (χ0) is 16.2. The van der Waals surface area contributed by atoms with Crippen molar-refractivity contribution >= 4 is 34.1 Å². The minimum atomic E-state index is -0.132. The molecule has 3 N–H and O–H groups in total. The van der Waals surface area contributed by atoms with Gasteiger partial charge in [-0.05, 0) is 0 Å². The van der Waals surface area contributed by atoms with E-state index in [1.165, 1.54) is 34.7 Å². The van der Waals surface area contributed by atoms with Gasteiger partial charge in [0.05, 0.1) is 5.69 Å². The van der Waals surface area contributed by atoms with E-state index in [1.54, 1.807) is 0 Å². The summed E-state index contributed by atoms with van der Waals surface area (Å²) in [6, 6.07) is 9.65. The average molecular weight is 346 g/mol. The van der Waals surface area contributed by atoms with Gasteiger partial charge in [0, 0.05) is 23.6 Å². The van der Waals surface area contributed by atoms with Crippen LogP contribution in [-0.4, -0.2) is 25.8 Å². The zero-order valence-corrected chi connectivity index (χ0v) is 13.9. The summed E-state index contributed by atoms with van der Waals surface area (Å²) in [5.41, 5.74) is 1.77. The highest BCUT2D eigenvalue weighted by Gasteiger charge is 2.13. The molecule has 0 aliphatic heterocycles. The smallest absolute Gasteiger partial charge is 0.223 e. The summed E-state index contributed by atoms with van der Waals surface area (Å²) in [7, 11) is 0. The Morgan fingerprint density at radius 2 is 2.13 bits per heavy atom. The maximum atomic E-state index is 11.0. The van der Waals surface area contributed by atoms with Crippen molar-refractivity contribution in [1.82, 2.24) is 19.9 Å². The average Bonchev–Trinajstić information content (AvgIpc) is 3.12. The van der Waals surface area contributed by atoms with Crippen LogP contribution in [0.2, 0.25) is 0 Å². The molecule has 0 spiro atoms. The fourth-order valence-corrected chi connectivity index (χ4v) is 3.49. The maximum absolute atomic E-state index is 11.0. The molecule has 2 aromatic heterocycles. The number of hydrogen-bond acceptors (Lipinski definition) is 7. The summed E-state index contributed by atoms with van der Waals surface area (Å²) in [6.07, 6.45) is 0. The van der Waals surface area contributed by atoms with Gasteiger partial charge < -0.3 is 11.2 Å². The number of carbonyl (C=O) groups excluding carboxylic acids is 1. The molecule has 0 aliphatic rings. The van der Waals surface area contributed by atoms with Crippen molar-refractivity contribution in [2.75, 3.05) is 11.2 Å². The molecule has 3 aromatic rings. The van der Waals surface area contributed by atoms with Gasteiger partial charge in [0.25, 0.3) is 0 Å². The Kier molecular flexibility index (Phi) is 4.58. The van der Waals surface area contributed by atoms with Crippen molar-refractivity contribution in [3.05, 3.63) is 41.4 Å². The summed E-state index contributed by atoms with van der Waals surface area (Å²) >= 11 is 2.83. The van der Waals surface area contributed by atoms with Crippen molar-refractivity contribution in [2.24, 2.45) is 0 Å². The largest absolute Gasteiger partial charge is 0.335 e. The third-order valence-electron chi connectivity index (χ3n) is 2.88. The number of benzene rings is 1. The van der Waals surface area contributed by atoms with E-state index in [0.717, 1.165) is 11.3 Å². The fraction of sp³-hybridized carbons (Fsp3) is 0.143. The molecule has 0 aliphatic carbocycles. The molecule has 0 radical (unpaired) electrons. The van der Waals surface area contributed by atoms with Gasteiger partial charge in [-0.2, -0.15) is 0 Å². The minimum Gasteiger partial charge on any atom is -0.335 e. The summed E-state index contributed by atoms with van der Waals surface area (Å²) in [5.74, 6) is 7.15. The predicted molar refractivity (Wildman–Crippen MR) is 91.6 cm³/mol. The Balaban J connectivity index is 1.68. The molecule has 0 unspecified atom stereocenters. The van der Waals surface area contributed by atoms with Crippen molar-refractivity contribution in [1.29, 1.82) is 0 Å². The summed E-state index contributed by atoms with van der Waals surface area (Å²) in [6.45, 7) is 1.46. The number of carbonyl (C=O) groups is 1. The second kappa shape index (κ2) is 6.80. The summed E-state index contributed by atoms with van der Waals surface area (Å²) in [4.78, 5) is 15.3. The van der Waals surface area contributed by atoms with Crippen LogP contribution in [0.1, 0.15) is 12.6 Å². The SMILES string of the molecule is CC(=O)Nc1nc(CSc2nnc(-c3ccccc3)n2N)cs1. The quantitative estimate of drug-likeness (QED) is 0.543. The lowest BCUT2D eigenvalue weighted by Crippen LogP contribution is -2.11. The van der Waals surface area contributed by atoms with Gasteiger partial charge in [-0.15, -0.1) is 21.5 Å². The molecule has 0 fully saturated rings. The molecule has 7 nitrogen and oxygen atoms in total. The molecule has 0 saturated heterocycles. The summed E-state index contributed by atoms with van der Waals surface area (Å²) in [5, 5.41) is 14.0. The Hall–Kier alpha value is -2.39. The molecule has 1 amide bonds. The molecule has 0 saturated carbocycles. The number of hydrogen-bond donors (Lipinski definition) is 2. The van der Waals surface area contributed by atoms with Crippen LogP contribution in [-0.2, 0) is 10.5 Å². The van der Waals surface area contributed by atoms with Crippen LogP contribution in [0.4, 0.5) is 5.13 Å². The van der Waals surface area contributed by atoms with Gasteiger partial charge in [0.1, 0.15) is 0 Å². The van der Waals surface area contributed by atoms with Gasteiger partial charge >= 0.3 is 0 Å². The second-order valence-electron chi connectivity index (χ2n) is 4.66. The third kappa shape index (κ3) is 3.69. The van der Waals surface area contributed by atoms with Crippen LogP contribution >= 0.6 is 23.1 Å². The van der Waals surface area contributed by atoms with Crippen molar-refractivity contribution in [3.63, 3.8) is 0 Å². The van der Waals surface area contributed by atoms with Crippen molar-refractivity contribution in [3.8, 4) is 11.4 Å². The standard InChI is InChI=1S/C14H14N6OS2/c1-9(21)16-13-17-11(7-22-13)8-23-14-19-18-12(20(14)15)10-5-3-2-4-6-10/h2-7H,8,15H2,1H3,(H,16,17,21). The molecule has 23 heavy (non-hydrogen) atoms. The zero-order valence-electron chi connectivity index (χ0n) is 12.3. The lowest BCUT2D eigenvalue weighted by atomic mass is 10.2. The first-order chi connectivity index (χ1) is 11.1. The molecular weight excluding hydrogens is 332 g/mol. The van der Waals surface area contributed by atoms with Crippen LogP contribution in [0.15, 0.2) is 40.9 Å². The van der Waals surface area contributed by atoms with Crippen LogP contribution in [0, 0.1) is 0 Å². The normalized spacial score (nSPS) is 10.7. The molecule has 1 aromatic carbocycles. The van der Waals surface area contributed by atoms with Crippen LogP contribution in [0.5, 0.6) is 0 Å². The Morgan fingerprint density at radius 3 is 2.87 bits per heavy atom. The molecule has 2 heterocycles. The second-order valence-corrected chi connectivity index (χ2v) is 6.46. The maximum Gasteiger partial charge on any atom is 0.223 e. The molecule has 0 bridgehead atoms. The van der Waals surface area contributed by atoms with Gasteiger partial charge in [0.15, 0.2) is 11.0 Å². The van der Waals surface area contributed by atoms with Crippen molar-refractivity contribution in [2.45, 2.75) is 17.8 Å². The number of nitrogen functional groups attached to an aromatic ring is 1. The number of rotatable bonds is 5. The van der Waals surface area contributed by atoms with Gasteiger partial charge in [0.2, 0.25) is 11.1 Å². The first-order valence-corrected chi connectivity index (χ1v) is 8.60. The number of amides is 1. The fourth-order valence-electron chi connectivity index (χ4n) is 1.88. The minimum absolute atomic E-state index is 0.132. The van der Waals surface area contributed by atoms with Crippen LogP contribution < -0.4 is 11.2 Å². The van der Waals surface area contributed by atoms with Gasteiger partial charge in [-0.3, -0.25) is 4.79 Å². The van der Waals surface area contributed by atoms with Crippen LogP contribution in [0.25, 0.3) is 11.4 Å². The number of thioether (sulfide) groups is 1. The van der Waals surface area contributed by atoms with E-state index < -0.39 is 0 Å². The Morgan fingerprint density at radius 1 is 1.35 bits per heavy atom. The van der Waals surface area contributed by atoms with E-state index in [-0.39, 0.29) is 5.91 Å². The predicted octanol–water partition coefficient (Wildman–Crippen LogP) is 2.37. The number of nitrogens with one attached hydrogen (secondary N) is 1. The monoisotopic (exact) mass is 346 g/mol. The first kappa shape index (κ1) is 15.5. The van der Waals surface area contributed by atoms with E-state index in [9.17, 15) is 4.79 Å². The number of anilines is 1. The van der Waals surface area contributed by atoms with Crippen LogP contribution in [0.3, 0.4) is 0 Å². The highest BCUT2D eigenvalue weighted by atomic mass is 32.2. The molecular formula is C14H14N6OS2. The van der Waals surface area contributed by atoms with E-state index in [2.05, 4.69) is 20.5 Å². The van der Waals surface area contributed by atoms with E-state index in [1.807, 2.05) is 35.7 Å². The highest BCUT2D eigenvalue weighted by Crippen LogP contribution is 2.25. The third-order valence-corrected chi connectivity index (χ3v) is 4.66. The van der Waals surface area contributed by atoms with E-state index in [0.29, 0.717) is 21.9 Å². The van der Waals surface area contributed by atoms with Gasteiger partial charge in [-0.1, -0.05) is 42.1 Å². The topological polar surface area (TPSA) is 98.7 Å². The Bertz CT molecular complexity index is 814. The van der Waals surface area contributed by atoms with Crippen molar-refractivity contribution < 1.29 is 4.79 Å².